The number of benzene rings is 1. The van der Waals surface area contributed by atoms with Gasteiger partial charge in [0.05, 0.1) is 0 Å². The summed E-state index contributed by atoms with van der Waals surface area (Å²) in [5.41, 5.74) is 9.21. The van der Waals surface area contributed by atoms with Crippen LogP contribution in [0.1, 0.15) is 30.9 Å². The zero-order chi connectivity index (χ0) is 16.4. The lowest BCUT2D eigenvalue weighted by Crippen LogP contribution is -2.35. The summed E-state index contributed by atoms with van der Waals surface area (Å²) in [6.45, 7) is 8.36. The Morgan fingerprint density at radius 1 is 1.22 bits per heavy atom. The van der Waals surface area contributed by atoms with E-state index in [1.165, 1.54) is 23.9 Å². The molecule has 1 aliphatic rings. The molecule has 1 aromatic heterocycles. The predicted octanol–water partition coefficient (Wildman–Crippen LogP) is 3.70. The summed E-state index contributed by atoms with van der Waals surface area (Å²) >= 11 is 0. The van der Waals surface area contributed by atoms with Gasteiger partial charge >= 0.3 is 0 Å². The predicted molar refractivity (Wildman–Crippen MR) is 93.0 cm³/mol. The first kappa shape index (κ1) is 15.6. The van der Waals surface area contributed by atoms with E-state index in [0.717, 1.165) is 31.1 Å². The number of aromatic nitrogens is 2. The lowest BCUT2D eigenvalue weighted by molar-refractivity contribution is 0.441. The van der Waals surface area contributed by atoms with Gasteiger partial charge in [-0.3, -0.25) is 0 Å². The maximum absolute atomic E-state index is 6.28. The average Bonchev–Trinajstić information content (AvgIpc) is 2.53. The minimum atomic E-state index is 0.427. The highest BCUT2D eigenvalue weighted by atomic mass is 16.5. The Morgan fingerprint density at radius 3 is 2.78 bits per heavy atom. The maximum atomic E-state index is 6.28. The summed E-state index contributed by atoms with van der Waals surface area (Å²) in [5, 5.41) is 0. The summed E-state index contributed by atoms with van der Waals surface area (Å²) in [7, 11) is 0. The van der Waals surface area contributed by atoms with Gasteiger partial charge in [-0.2, -0.15) is 4.98 Å². The summed E-state index contributed by atoms with van der Waals surface area (Å²) in [6, 6.07) is 5.97. The normalized spacial score (nSPS) is 18.0. The van der Waals surface area contributed by atoms with Gasteiger partial charge in [0.1, 0.15) is 17.8 Å². The van der Waals surface area contributed by atoms with Gasteiger partial charge in [-0.05, 0) is 55.9 Å². The topological polar surface area (TPSA) is 64.3 Å². The van der Waals surface area contributed by atoms with Crippen LogP contribution in [-0.2, 0) is 0 Å². The zero-order valence-corrected chi connectivity index (χ0v) is 14.0. The Balaban J connectivity index is 1.85. The molecule has 0 bridgehead atoms. The zero-order valence-electron chi connectivity index (χ0n) is 14.0. The highest BCUT2D eigenvalue weighted by Crippen LogP contribution is 2.33. The minimum absolute atomic E-state index is 0.427. The van der Waals surface area contributed by atoms with E-state index >= 15 is 0 Å². The Morgan fingerprint density at radius 2 is 2.04 bits per heavy atom. The number of piperidine rings is 1. The molecular formula is C18H24N4O. The van der Waals surface area contributed by atoms with Crippen LogP contribution in [0.5, 0.6) is 11.6 Å². The molecule has 0 radical (unpaired) electrons. The van der Waals surface area contributed by atoms with Crippen molar-refractivity contribution in [1.82, 2.24) is 9.97 Å². The third-order valence-corrected chi connectivity index (χ3v) is 4.48. The Hall–Kier alpha value is -2.30. The van der Waals surface area contributed by atoms with Gasteiger partial charge in [0.15, 0.2) is 5.82 Å². The molecule has 0 spiro atoms. The summed E-state index contributed by atoms with van der Waals surface area (Å²) in [6.07, 6.45) is 3.95. The number of rotatable bonds is 3. The molecule has 0 aliphatic carbocycles. The van der Waals surface area contributed by atoms with Crippen molar-refractivity contribution < 1.29 is 4.74 Å². The average molecular weight is 312 g/mol. The summed E-state index contributed by atoms with van der Waals surface area (Å²) in [5.74, 6) is 2.61. The second kappa shape index (κ2) is 6.44. The number of hydrogen-bond acceptors (Lipinski definition) is 5. The molecule has 1 saturated heterocycles. The van der Waals surface area contributed by atoms with Crippen LogP contribution in [0.3, 0.4) is 0 Å². The first-order valence-corrected chi connectivity index (χ1v) is 8.15. The number of ether oxygens (including phenoxy) is 1. The lowest BCUT2D eigenvalue weighted by Gasteiger charge is -2.32. The molecule has 23 heavy (non-hydrogen) atoms. The SMILES string of the molecule is Cc1ccc(Oc2ncnc(N3CCCC(C)C3)c2N)cc1C. The molecule has 122 valence electrons. The number of nitrogens with zero attached hydrogens (tertiary/aromatic N) is 3. The Kier molecular flexibility index (Phi) is 4.37. The minimum Gasteiger partial charge on any atom is -0.437 e. The number of aryl methyl sites for hydroxylation is 2. The Bertz CT molecular complexity index is 701. The maximum Gasteiger partial charge on any atom is 0.248 e. The molecule has 1 atom stereocenters. The van der Waals surface area contributed by atoms with Crippen LogP contribution in [0.15, 0.2) is 24.5 Å². The van der Waals surface area contributed by atoms with Gasteiger partial charge in [0.2, 0.25) is 5.88 Å². The van der Waals surface area contributed by atoms with E-state index in [1.807, 2.05) is 18.2 Å². The molecule has 1 aliphatic heterocycles. The second-order valence-corrected chi connectivity index (χ2v) is 6.46. The van der Waals surface area contributed by atoms with E-state index in [4.69, 9.17) is 10.5 Å². The van der Waals surface area contributed by atoms with E-state index in [9.17, 15) is 0 Å². The van der Waals surface area contributed by atoms with Crippen molar-refractivity contribution in [2.75, 3.05) is 23.7 Å². The molecule has 1 fully saturated rings. The third-order valence-electron chi connectivity index (χ3n) is 4.48. The van der Waals surface area contributed by atoms with Crippen LogP contribution in [0.25, 0.3) is 0 Å². The molecule has 3 rings (SSSR count). The molecule has 0 saturated carbocycles. The van der Waals surface area contributed by atoms with E-state index < -0.39 is 0 Å². The van der Waals surface area contributed by atoms with Crippen LogP contribution >= 0.6 is 0 Å². The molecule has 2 aromatic rings. The van der Waals surface area contributed by atoms with Crippen LogP contribution in [-0.4, -0.2) is 23.1 Å². The molecule has 5 nitrogen and oxygen atoms in total. The third kappa shape index (κ3) is 3.38. The second-order valence-electron chi connectivity index (χ2n) is 6.46. The van der Waals surface area contributed by atoms with E-state index in [-0.39, 0.29) is 0 Å². The molecule has 1 aromatic carbocycles. The van der Waals surface area contributed by atoms with Crippen molar-refractivity contribution in [1.29, 1.82) is 0 Å². The van der Waals surface area contributed by atoms with Gasteiger partial charge < -0.3 is 15.4 Å². The van der Waals surface area contributed by atoms with Crippen molar-refractivity contribution in [2.24, 2.45) is 5.92 Å². The standard InChI is InChI=1S/C18H24N4O/c1-12-5-4-8-22(10-12)17-16(19)18(21-11-20-17)23-15-7-6-13(2)14(3)9-15/h6-7,9,11-12H,4-5,8,10,19H2,1-3H3. The number of hydrogen-bond donors (Lipinski definition) is 1. The fourth-order valence-electron chi connectivity index (χ4n) is 2.97. The van der Waals surface area contributed by atoms with Crippen LogP contribution in [0.4, 0.5) is 11.5 Å². The van der Waals surface area contributed by atoms with Crippen molar-refractivity contribution in [3.8, 4) is 11.6 Å². The fraction of sp³-hybridized carbons (Fsp3) is 0.444. The summed E-state index contributed by atoms with van der Waals surface area (Å²) in [4.78, 5) is 10.8. The monoisotopic (exact) mass is 312 g/mol. The molecule has 2 heterocycles. The first-order valence-electron chi connectivity index (χ1n) is 8.15. The van der Waals surface area contributed by atoms with Gasteiger partial charge in [-0.25, -0.2) is 4.98 Å². The van der Waals surface area contributed by atoms with E-state index in [0.29, 0.717) is 17.5 Å². The summed E-state index contributed by atoms with van der Waals surface area (Å²) < 4.78 is 5.90. The van der Waals surface area contributed by atoms with E-state index in [1.54, 1.807) is 0 Å². The molecule has 1 unspecified atom stereocenters. The first-order chi connectivity index (χ1) is 11.0. The van der Waals surface area contributed by atoms with Gasteiger partial charge in [0, 0.05) is 13.1 Å². The lowest BCUT2D eigenvalue weighted by atomic mass is 10.0. The molecule has 2 N–H and O–H groups in total. The van der Waals surface area contributed by atoms with Crippen molar-refractivity contribution in [2.45, 2.75) is 33.6 Å². The van der Waals surface area contributed by atoms with Gasteiger partial charge in [-0.1, -0.05) is 13.0 Å². The van der Waals surface area contributed by atoms with Crippen LogP contribution in [0.2, 0.25) is 0 Å². The molecule has 0 amide bonds. The number of nitrogen functional groups attached to an aromatic ring is 1. The molecule has 5 heteroatoms. The number of anilines is 2. The number of nitrogens with two attached hydrogens (primary N) is 1. The highest BCUT2D eigenvalue weighted by molar-refractivity contribution is 5.68. The van der Waals surface area contributed by atoms with Crippen LogP contribution in [0, 0.1) is 19.8 Å². The smallest absolute Gasteiger partial charge is 0.248 e. The van der Waals surface area contributed by atoms with Gasteiger partial charge in [0.25, 0.3) is 0 Å². The highest BCUT2D eigenvalue weighted by Gasteiger charge is 2.21. The van der Waals surface area contributed by atoms with Crippen molar-refractivity contribution in [3.63, 3.8) is 0 Å². The van der Waals surface area contributed by atoms with Gasteiger partial charge in [-0.15, -0.1) is 0 Å². The largest absolute Gasteiger partial charge is 0.437 e. The fourth-order valence-corrected chi connectivity index (χ4v) is 2.97. The van der Waals surface area contributed by atoms with E-state index in [2.05, 4.69) is 35.6 Å². The molecular weight excluding hydrogens is 288 g/mol. The van der Waals surface area contributed by atoms with Crippen molar-refractivity contribution in [3.05, 3.63) is 35.7 Å². The quantitative estimate of drug-likeness (QED) is 0.936. The van der Waals surface area contributed by atoms with Crippen LogP contribution < -0.4 is 15.4 Å². The van der Waals surface area contributed by atoms with Crippen molar-refractivity contribution >= 4 is 11.5 Å². The Labute approximate surface area is 137 Å².